The van der Waals surface area contributed by atoms with Crippen molar-refractivity contribution in [3.8, 4) is 51.4 Å². The minimum atomic E-state index is 0.0896. The number of phenols is 3. The molecule has 0 fully saturated rings. The van der Waals surface area contributed by atoms with E-state index in [1.165, 1.54) is 0 Å². The number of benzene rings is 3. The number of aromatic nitrogens is 3. The largest absolute Gasteiger partial charge is 0.507 e. The summed E-state index contributed by atoms with van der Waals surface area (Å²) < 4.78 is 0. The number of phenolic OH excluding ortho intramolecular Hbond substituents is 3. The van der Waals surface area contributed by atoms with Crippen LogP contribution in [0.15, 0.2) is 36.4 Å². The SMILES string of the molecule is Cc1ccc(-c2nc(-c3ccc(C)c(C)c3O)nc(-c3ccc(C)c(C)c3O)n2)c(O)c1C. The van der Waals surface area contributed by atoms with Gasteiger partial charge in [0.15, 0.2) is 17.5 Å². The Kier molecular flexibility index (Phi) is 5.54. The highest BCUT2D eigenvalue weighted by Gasteiger charge is 2.20. The molecule has 0 amide bonds. The average molecular weight is 442 g/mol. The summed E-state index contributed by atoms with van der Waals surface area (Å²) in [5, 5.41) is 32.5. The summed E-state index contributed by atoms with van der Waals surface area (Å²) in [5.41, 5.74) is 6.41. The highest BCUT2D eigenvalue weighted by atomic mass is 16.3. The third-order valence-electron chi connectivity index (χ3n) is 6.46. The fourth-order valence-electron chi connectivity index (χ4n) is 3.68. The predicted octanol–water partition coefficient (Wildman–Crippen LogP) is 5.84. The molecule has 0 radical (unpaired) electrons. The summed E-state index contributed by atoms with van der Waals surface area (Å²) in [6.07, 6.45) is 0. The summed E-state index contributed by atoms with van der Waals surface area (Å²) in [7, 11) is 0. The van der Waals surface area contributed by atoms with Gasteiger partial charge in [0.1, 0.15) is 17.2 Å². The predicted molar refractivity (Wildman–Crippen MR) is 130 cm³/mol. The molecule has 3 N–H and O–H groups in total. The van der Waals surface area contributed by atoms with Crippen molar-refractivity contribution in [3.63, 3.8) is 0 Å². The van der Waals surface area contributed by atoms with E-state index in [-0.39, 0.29) is 34.7 Å². The summed E-state index contributed by atoms with van der Waals surface area (Å²) >= 11 is 0. The van der Waals surface area contributed by atoms with Crippen molar-refractivity contribution in [1.29, 1.82) is 0 Å². The normalized spacial score (nSPS) is 11.1. The second-order valence-electron chi connectivity index (χ2n) is 8.52. The Morgan fingerprint density at radius 1 is 0.424 bits per heavy atom. The van der Waals surface area contributed by atoms with E-state index in [9.17, 15) is 15.3 Å². The number of hydrogen-bond acceptors (Lipinski definition) is 6. The second-order valence-corrected chi connectivity index (χ2v) is 8.52. The molecular weight excluding hydrogens is 414 g/mol. The Balaban J connectivity index is 2.04. The van der Waals surface area contributed by atoms with Crippen LogP contribution < -0.4 is 0 Å². The molecule has 6 nitrogen and oxygen atoms in total. The van der Waals surface area contributed by atoms with E-state index in [0.29, 0.717) is 16.7 Å². The van der Waals surface area contributed by atoms with Crippen molar-refractivity contribution in [2.45, 2.75) is 41.5 Å². The van der Waals surface area contributed by atoms with Gasteiger partial charge in [0.05, 0.1) is 16.7 Å². The van der Waals surface area contributed by atoms with E-state index in [4.69, 9.17) is 0 Å². The Hall–Kier alpha value is -3.93. The monoisotopic (exact) mass is 441 g/mol. The zero-order valence-corrected chi connectivity index (χ0v) is 19.6. The molecule has 0 spiro atoms. The van der Waals surface area contributed by atoms with E-state index in [2.05, 4.69) is 15.0 Å². The van der Waals surface area contributed by atoms with Gasteiger partial charge in [-0.2, -0.15) is 0 Å². The number of rotatable bonds is 3. The van der Waals surface area contributed by atoms with Gasteiger partial charge in [0.25, 0.3) is 0 Å². The molecule has 168 valence electrons. The van der Waals surface area contributed by atoms with Crippen LogP contribution in [0.4, 0.5) is 0 Å². The first-order chi connectivity index (χ1) is 15.6. The zero-order valence-electron chi connectivity index (χ0n) is 19.6. The Bertz CT molecular complexity index is 1230. The molecule has 6 heteroatoms. The Morgan fingerprint density at radius 2 is 0.667 bits per heavy atom. The van der Waals surface area contributed by atoms with Gasteiger partial charge in [-0.25, -0.2) is 15.0 Å². The maximum atomic E-state index is 10.8. The number of hydrogen-bond donors (Lipinski definition) is 3. The van der Waals surface area contributed by atoms with Crippen molar-refractivity contribution >= 4 is 0 Å². The minimum absolute atomic E-state index is 0.0896. The van der Waals surface area contributed by atoms with E-state index in [1.54, 1.807) is 18.2 Å². The van der Waals surface area contributed by atoms with Crippen LogP contribution in [0.25, 0.3) is 34.2 Å². The van der Waals surface area contributed by atoms with E-state index < -0.39 is 0 Å². The van der Waals surface area contributed by atoms with Crippen LogP contribution in [-0.4, -0.2) is 30.3 Å². The van der Waals surface area contributed by atoms with Gasteiger partial charge in [-0.15, -0.1) is 0 Å². The first-order valence-corrected chi connectivity index (χ1v) is 10.7. The molecular formula is C27H27N3O3. The van der Waals surface area contributed by atoms with Gasteiger partial charge in [-0.1, -0.05) is 18.2 Å². The van der Waals surface area contributed by atoms with E-state index in [1.807, 2.05) is 59.7 Å². The third-order valence-corrected chi connectivity index (χ3v) is 6.46. The Morgan fingerprint density at radius 3 is 0.909 bits per heavy atom. The molecule has 0 saturated heterocycles. The number of aryl methyl sites for hydroxylation is 3. The molecule has 0 aliphatic heterocycles. The van der Waals surface area contributed by atoms with Gasteiger partial charge < -0.3 is 15.3 Å². The summed E-state index contributed by atoms with van der Waals surface area (Å²) in [4.78, 5) is 13.8. The van der Waals surface area contributed by atoms with Crippen LogP contribution in [0.1, 0.15) is 33.4 Å². The van der Waals surface area contributed by atoms with Gasteiger partial charge in [0.2, 0.25) is 0 Å². The molecule has 33 heavy (non-hydrogen) atoms. The molecule has 1 heterocycles. The van der Waals surface area contributed by atoms with Crippen LogP contribution in [0.2, 0.25) is 0 Å². The fourth-order valence-corrected chi connectivity index (χ4v) is 3.68. The van der Waals surface area contributed by atoms with E-state index >= 15 is 0 Å². The molecule has 0 unspecified atom stereocenters. The fraction of sp³-hybridized carbons (Fsp3) is 0.222. The van der Waals surface area contributed by atoms with Crippen LogP contribution in [-0.2, 0) is 0 Å². The van der Waals surface area contributed by atoms with Gasteiger partial charge in [-0.3, -0.25) is 0 Å². The smallest absolute Gasteiger partial charge is 0.167 e. The third kappa shape index (κ3) is 3.78. The molecule has 0 bridgehead atoms. The molecule has 3 aromatic carbocycles. The molecule has 0 atom stereocenters. The number of aromatic hydroxyl groups is 3. The second kappa shape index (κ2) is 8.20. The van der Waals surface area contributed by atoms with Gasteiger partial charge >= 0.3 is 0 Å². The van der Waals surface area contributed by atoms with Crippen molar-refractivity contribution in [2.24, 2.45) is 0 Å². The first-order valence-electron chi connectivity index (χ1n) is 10.7. The minimum Gasteiger partial charge on any atom is -0.507 e. The van der Waals surface area contributed by atoms with Crippen molar-refractivity contribution in [1.82, 2.24) is 15.0 Å². The molecule has 4 aromatic rings. The summed E-state index contributed by atoms with van der Waals surface area (Å²) in [6, 6.07) is 11.0. The molecule has 4 rings (SSSR count). The average Bonchev–Trinajstić information content (AvgIpc) is 2.79. The topological polar surface area (TPSA) is 99.4 Å². The van der Waals surface area contributed by atoms with Crippen molar-refractivity contribution < 1.29 is 15.3 Å². The lowest BCUT2D eigenvalue weighted by Crippen LogP contribution is -2.02. The summed E-state index contributed by atoms with van der Waals surface area (Å²) in [6.45, 7) is 11.3. The van der Waals surface area contributed by atoms with Gasteiger partial charge in [-0.05, 0) is 93.1 Å². The highest BCUT2D eigenvalue weighted by Crippen LogP contribution is 2.38. The van der Waals surface area contributed by atoms with E-state index in [0.717, 1.165) is 33.4 Å². The lowest BCUT2D eigenvalue weighted by Gasteiger charge is -2.14. The Labute approximate surface area is 193 Å². The highest BCUT2D eigenvalue weighted by molar-refractivity contribution is 5.76. The van der Waals surface area contributed by atoms with Crippen LogP contribution in [0.3, 0.4) is 0 Å². The summed E-state index contributed by atoms with van der Waals surface area (Å²) in [5.74, 6) is 1.03. The lowest BCUT2D eigenvalue weighted by atomic mass is 10.0. The first kappa shape index (κ1) is 22.3. The van der Waals surface area contributed by atoms with Crippen LogP contribution in [0, 0.1) is 41.5 Å². The number of nitrogens with zero attached hydrogens (tertiary/aromatic N) is 3. The van der Waals surface area contributed by atoms with Gasteiger partial charge in [0, 0.05) is 0 Å². The standard InChI is InChI=1S/C27H27N3O3/c1-13-7-10-19(22(31)16(13)4)25-28-26(20-11-8-14(2)17(5)23(20)32)30-27(29-25)21-12-9-15(3)18(6)24(21)33/h7-12,31-33H,1-6H3. The lowest BCUT2D eigenvalue weighted by molar-refractivity contribution is 0.472. The molecule has 0 aliphatic rings. The quantitative estimate of drug-likeness (QED) is 0.369. The maximum Gasteiger partial charge on any atom is 0.167 e. The molecule has 0 saturated carbocycles. The molecule has 1 aromatic heterocycles. The zero-order chi connectivity index (χ0) is 24.0. The molecule has 0 aliphatic carbocycles. The van der Waals surface area contributed by atoms with Crippen molar-refractivity contribution in [3.05, 3.63) is 69.8 Å². The maximum absolute atomic E-state index is 10.8. The van der Waals surface area contributed by atoms with Crippen LogP contribution >= 0.6 is 0 Å². The van der Waals surface area contributed by atoms with Crippen molar-refractivity contribution in [2.75, 3.05) is 0 Å². The van der Waals surface area contributed by atoms with Crippen LogP contribution in [0.5, 0.6) is 17.2 Å².